The lowest BCUT2D eigenvalue weighted by Gasteiger charge is -2.47. The highest BCUT2D eigenvalue weighted by molar-refractivity contribution is 5.92. The Bertz CT molecular complexity index is 1030. The van der Waals surface area contributed by atoms with E-state index in [1.54, 1.807) is 12.1 Å². The maximum atomic E-state index is 13.9. The zero-order chi connectivity index (χ0) is 21.8. The van der Waals surface area contributed by atoms with Crippen molar-refractivity contribution in [3.05, 3.63) is 101 Å². The van der Waals surface area contributed by atoms with Crippen LogP contribution in [-0.4, -0.2) is 22.5 Å². The van der Waals surface area contributed by atoms with Crippen molar-refractivity contribution in [3.8, 4) is 5.75 Å². The summed E-state index contributed by atoms with van der Waals surface area (Å²) in [7, 11) is 0. The van der Waals surface area contributed by atoms with Crippen LogP contribution in [0.15, 0.2) is 78.9 Å². The zero-order valence-electron chi connectivity index (χ0n) is 18.1. The molecule has 3 aromatic rings. The van der Waals surface area contributed by atoms with E-state index in [-0.39, 0.29) is 17.5 Å². The van der Waals surface area contributed by atoms with Gasteiger partial charge in [-0.25, -0.2) is 0 Å². The number of carbonyl (C=O) groups excluding carboxylic acids is 1. The SMILES string of the molecule is CC(C)C(=O)C1(Cc2ccc(O)cc2)c2ccccc2CCN1OCc1ccccc1. The van der Waals surface area contributed by atoms with Gasteiger partial charge >= 0.3 is 0 Å². The molecule has 31 heavy (non-hydrogen) atoms. The molecule has 4 nitrogen and oxygen atoms in total. The highest BCUT2D eigenvalue weighted by Crippen LogP contribution is 2.41. The fraction of sp³-hybridized carbons (Fsp3) is 0.296. The number of Topliss-reactive ketones (excluding diaryl/α,β-unsaturated/α-hetero) is 1. The van der Waals surface area contributed by atoms with E-state index >= 15 is 0 Å². The van der Waals surface area contributed by atoms with Crippen LogP contribution in [-0.2, 0) is 34.6 Å². The number of phenolic OH excluding ortho intramolecular Hbond substituents is 1. The molecular formula is C27H29NO3. The molecule has 0 aromatic heterocycles. The second-order valence-corrected chi connectivity index (χ2v) is 8.49. The second kappa shape index (κ2) is 9.04. The van der Waals surface area contributed by atoms with Crippen LogP contribution in [0.4, 0.5) is 0 Å². The molecule has 0 saturated heterocycles. The average Bonchev–Trinajstić information content (AvgIpc) is 2.80. The maximum absolute atomic E-state index is 13.9. The lowest BCUT2D eigenvalue weighted by atomic mass is 9.72. The standard InChI is InChI=1S/C27H29NO3/c1-20(2)26(30)27(18-21-12-14-24(29)15-13-21)25-11-7-6-10-23(25)16-17-28(27)31-19-22-8-4-3-5-9-22/h3-15,20,29H,16-19H2,1-2H3. The molecule has 1 aliphatic rings. The lowest BCUT2D eigenvalue weighted by molar-refractivity contribution is -0.237. The van der Waals surface area contributed by atoms with Crippen molar-refractivity contribution in [1.82, 2.24) is 5.06 Å². The number of hydrogen-bond acceptors (Lipinski definition) is 4. The van der Waals surface area contributed by atoms with Gasteiger partial charge in [0, 0.05) is 18.9 Å². The van der Waals surface area contributed by atoms with Crippen LogP contribution in [0.2, 0.25) is 0 Å². The van der Waals surface area contributed by atoms with Crippen LogP contribution in [0, 0.1) is 5.92 Å². The third-order valence-corrected chi connectivity index (χ3v) is 6.03. The predicted octanol–water partition coefficient (Wildman–Crippen LogP) is 5.05. The Labute approximate surface area is 184 Å². The highest BCUT2D eigenvalue weighted by Gasteiger charge is 2.50. The summed E-state index contributed by atoms with van der Waals surface area (Å²) < 4.78 is 0. The molecule has 0 aliphatic carbocycles. The predicted molar refractivity (Wildman–Crippen MR) is 121 cm³/mol. The minimum atomic E-state index is -0.922. The maximum Gasteiger partial charge on any atom is 0.162 e. The van der Waals surface area contributed by atoms with E-state index in [2.05, 4.69) is 12.1 Å². The van der Waals surface area contributed by atoms with Crippen molar-refractivity contribution in [2.24, 2.45) is 5.92 Å². The Morgan fingerprint density at radius 3 is 2.35 bits per heavy atom. The summed E-state index contributed by atoms with van der Waals surface area (Å²) >= 11 is 0. The van der Waals surface area contributed by atoms with Crippen LogP contribution < -0.4 is 0 Å². The first-order chi connectivity index (χ1) is 15.0. The monoisotopic (exact) mass is 415 g/mol. The summed E-state index contributed by atoms with van der Waals surface area (Å²) in [4.78, 5) is 20.3. The quantitative estimate of drug-likeness (QED) is 0.587. The van der Waals surface area contributed by atoms with Crippen molar-refractivity contribution in [2.45, 2.75) is 38.8 Å². The van der Waals surface area contributed by atoms with E-state index in [1.165, 1.54) is 5.56 Å². The molecule has 0 amide bonds. The van der Waals surface area contributed by atoms with Crippen LogP contribution in [0.1, 0.15) is 36.1 Å². The van der Waals surface area contributed by atoms with E-state index in [9.17, 15) is 9.90 Å². The third-order valence-electron chi connectivity index (χ3n) is 6.03. The fourth-order valence-electron chi connectivity index (χ4n) is 4.50. The number of hydrogen-bond donors (Lipinski definition) is 1. The second-order valence-electron chi connectivity index (χ2n) is 8.49. The van der Waals surface area contributed by atoms with Crippen LogP contribution in [0.5, 0.6) is 5.75 Å². The van der Waals surface area contributed by atoms with Crippen molar-refractivity contribution in [2.75, 3.05) is 6.54 Å². The molecule has 1 atom stereocenters. The fourth-order valence-corrected chi connectivity index (χ4v) is 4.50. The Morgan fingerprint density at radius 2 is 1.65 bits per heavy atom. The molecule has 4 heteroatoms. The van der Waals surface area contributed by atoms with Gasteiger partial charge in [0.15, 0.2) is 5.78 Å². The van der Waals surface area contributed by atoms with Crippen molar-refractivity contribution >= 4 is 5.78 Å². The normalized spacial score (nSPS) is 18.7. The average molecular weight is 416 g/mol. The minimum Gasteiger partial charge on any atom is -0.508 e. The Balaban J connectivity index is 1.79. The molecule has 1 heterocycles. The van der Waals surface area contributed by atoms with Gasteiger partial charge in [0.2, 0.25) is 0 Å². The summed E-state index contributed by atoms with van der Waals surface area (Å²) in [5.41, 5.74) is 3.33. The molecule has 0 spiro atoms. The number of benzene rings is 3. The number of nitrogens with zero attached hydrogens (tertiary/aromatic N) is 1. The number of ketones is 1. The first kappa shape index (κ1) is 21.3. The highest BCUT2D eigenvalue weighted by atomic mass is 16.7. The third kappa shape index (κ3) is 4.27. The first-order valence-electron chi connectivity index (χ1n) is 10.9. The van der Waals surface area contributed by atoms with E-state index in [0.29, 0.717) is 19.6 Å². The van der Waals surface area contributed by atoms with Crippen molar-refractivity contribution in [3.63, 3.8) is 0 Å². The number of aromatic hydroxyl groups is 1. The number of phenols is 1. The zero-order valence-corrected chi connectivity index (χ0v) is 18.1. The van der Waals surface area contributed by atoms with E-state index < -0.39 is 5.54 Å². The van der Waals surface area contributed by atoms with Gasteiger partial charge in [-0.2, -0.15) is 5.06 Å². The molecule has 0 fully saturated rings. The molecule has 4 rings (SSSR count). The molecule has 1 aliphatic heterocycles. The Morgan fingerprint density at radius 1 is 0.968 bits per heavy atom. The van der Waals surface area contributed by atoms with Crippen LogP contribution in [0.25, 0.3) is 0 Å². The van der Waals surface area contributed by atoms with E-state index in [0.717, 1.165) is 23.1 Å². The Hall–Kier alpha value is -2.95. The van der Waals surface area contributed by atoms with Gasteiger partial charge in [0.1, 0.15) is 11.3 Å². The largest absolute Gasteiger partial charge is 0.508 e. The number of carbonyl (C=O) groups is 1. The molecule has 3 aromatic carbocycles. The van der Waals surface area contributed by atoms with Gasteiger partial charge in [-0.3, -0.25) is 9.63 Å². The molecule has 1 unspecified atom stereocenters. The smallest absolute Gasteiger partial charge is 0.162 e. The van der Waals surface area contributed by atoms with Crippen molar-refractivity contribution < 1.29 is 14.7 Å². The molecule has 160 valence electrons. The molecule has 0 saturated carbocycles. The van der Waals surface area contributed by atoms with Crippen LogP contribution >= 0.6 is 0 Å². The summed E-state index contributed by atoms with van der Waals surface area (Å²) in [6.45, 7) is 4.95. The number of rotatable bonds is 7. The van der Waals surface area contributed by atoms with Gasteiger partial charge in [0.25, 0.3) is 0 Å². The lowest BCUT2D eigenvalue weighted by Crippen LogP contribution is -2.58. The van der Waals surface area contributed by atoms with Gasteiger partial charge < -0.3 is 5.11 Å². The summed E-state index contributed by atoms with van der Waals surface area (Å²) in [5.74, 6) is 0.195. The van der Waals surface area contributed by atoms with Gasteiger partial charge in [0.05, 0.1) is 6.61 Å². The summed E-state index contributed by atoms with van der Waals surface area (Å²) in [6, 6.07) is 25.4. The van der Waals surface area contributed by atoms with Gasteiger partial charge in [-0.15, -0.1) is 0 Å². The van der Waals surface area contributed by atoms with Gasteiger partial charge in [-0.1, -0.05) is 80.6 Å². The molecule has 1 N–H and O–H groups in total. The van der Waals surface area contributed by atoms with E-state index in [4.69, 9.17) is 4.84 Å². The molecule has 0 radical (unpaired) electrons. The molecular weight excluding hydrogens is 386 g/mol. The summed E-state index contributed by atoms with van der Waals surface area (Å²) in [5, 5.41) is 11.7. The van der Waals surface area contributed by atoms with Crippen molar-refractivity contribution in [1.29, 1.82) is 0 Å². The Kier molecular flexibility index (Phi) is 6.21. The number of hydroxylamine groups is 2. The summed E-state index contributed by atoms with van der Waals surface area (Å²) in [6.07, 6.45) is 1.31. The minimum absolute atomic E-state index is 0.140. The molecule has 0 bridgehead atoms. The van der Waals surface area contributed by atoms with Crippen LogP contribution in [0.3, 0.4) is 0 Å². The number of fused-ring (bicyclic) bond motifs is 1. The topological polar surface area (TPSA) is 49.8 Å². The first-order valence-corrected chi connectivity index (χ1v) is 10.9. The van der Waals surface area contributed by atoms with Gasteiger partial charge in [-0.05, 0) is 40.8 Å². The van der Waals surface area contributed by atoms with E-state index in [1.807, 2.05) is 73.5 Å².